The first-order valence-electron chi connectivity index (χ1n) is 8.36. The lowest BCUT2D eigenvalue weighted by molar-refractivity contribution is 0.0937. The topological polar surface area (TPSA) is 152 Å². The third-order valence-electron chi connectivity index (χ3n) is 3.88. The van der Waals surface area contributed by atoms with Crippen LogP contribution < -0.4 is 11.1 Å². The van der Waals surface area contributed by atoms with Gasteiger partial charge in [0.05, 0.1) is 17.7 Å². The van der Waals surface area contributed by atoms with Crippen LogP contribution >= 0.6 is 11.6 Å². The minimum absolute atomic E-state index is 0.0220. The minimum Gasteiger partial charge on any atom is -0.364 e. The number of halogens is 1. The Labute approximate surface area is 170 Å². The molecule has 1 aromatic carbocycles. The second-order valence-electron chi connectivity index (χ2n) is 6.09. The van der Waals surface area contributed by atoms with Gasteiger partial charge in [0.15, 0.2) is 11.6 Å². The number of carbonyl (C=O) groups is 2. The second-order valence-corrected chi connectivity index (χ2v) is 6.53. The summed E-state index contributed by atoms with van der Waals surface area (Å²) in [6.45, 7) is 3.39. The fourth-order valence-electron chi connectivity index (χ4n) is 2.61. The fourth-order valence-corrected chi connectivity index (χ4v) is 2.84. The van der Waals surface area contributed by atoms with Crippen molar-refractivity contribution in [2.45, 2.75) is 19.9 Å². The quantitative estimate of drug-likeness (QED) is 0.645. The monoisotopic (exact) mass is 410 g/mol. The first-order chi connectivity index (χ1) is 13.8. The number of hydrogen-bond acceptors (Lipinski definition) is 7. The van der Waals surface area contributed by atoms with Gasteiger partial charge in [-0.1, -0.05) is 11.6 Å². The van der Waals surface area contributed by atoms with Gasteiger partial charge in [-0.05, 0) is 32.0 Å². The zero-order valence-corrected chi connectivity index (χ0v) is 16.2. The van der Waals surface area contributed by atoms with Crippen molar-refractivity contribution in [3.63, 3.8) is 0 Å². The number of primary amides is 1. The Bertz CT molecular complexity index is 1150. The smallest absolute Gasteiger partial charge is 0.267 e. The molecule has 29 heavy (non-hydrogen) atoms. The normalized spacial score (nSPS) is 11.5. The van der Waals surface area contributed by atoms with Gasteiger partial charge in [-0.25, -0.2) is 15.0 Å². The molecule has 1 atom stereocenters. The van der Waals surface area contributed by atoms with Crippen LogP contribution in [0.5, 0.6) is 0 Å². The fraction of sp³-hybridized carbons (Fsp3) is 0.167. The lowest BCUT2D eigenvalue weighted by Crippen LogP contribution is -2.29. The molecule has 0 aliphatic rings. The average Bonchev–Trinajstić information content (AvgIpc) is 3.09. The Morgan fingerprint density at radius 3 is 2.72 bits per heavy atom. The number of benzene rings is 1. The first kappa shape index (κ1) is 19.9. The van der Waals surface area contributed by atoms with Crippen LogP contribution in [0.25, 0.3) is 5.82 Å². The Kier molecular flexibility index (Phi) is 5.52. The third-order valence-corrected chi connectivity index (χ3v) is 4.10. The van der Waals surface area contributed by atoms with Crippen molar-refractivity contribution in [3.8, 4) is 11.9 Å². The van der Waals surface area contributed by atoms with Gasteiger partial charge in [0.2, 0.25) is 0 Å². The highest BCUT2D eigenvalue weighted by Crippen LogP contribution is 2.18. The van der Waals surface area contributed by atoms with E-state index in [-0.39, 0.29) is 27.7 Å². The molecule has 3 aromatic rings. The summed E-state index contributed by atoms with van der Waals surface area (Å²) >= 11 is 5.97. The van der Waals surface area contributed by atoms with E-state index in [1.54, 1.807) is 13.8 Å². The minimum atomic E-state index is -0.706. The zero-order chi connectivity index (χ0) is 21.1. The summed E-state index contributed by atoms with van der Waals surface area (Å²) in [6.07, 6.45) is 1.19. The summed E-state index contributed by atoms with van der Waals surface area (Å²) in [5, 5.41) is 16.4. The molecule has 0 saturated heterocycles. The number of aromatic nitrogens is 5. The highest BCUT2D eigenvalue weighted by atomic mass is 35.5. The van der Waals surface area contributed by atoms with Gasteiger partial charge in [-0.3, -0.25) is 9.59 Å². The molecular weight excluding hydrogens is 396 g/mol. The predicted molar refractivity (Wildman–Crippen MR) is 102 cm³/mol. The van der Waals surface area contributed by atoms with Crippen molar-refractivity contribution in [1.29, 1.82) is 5.26 Å². The predicted octanol–water partition coefficient (Wildman–Crippen LogP) is 1.48. The summed E-state index contributed by atoms with van der Waals surface area (Å²) < 4.78 is 1.40. The van der Waals surface area contributed by atoms with E-state index >= 15 is 0 Å². The molecule has 0 radical (unpaired) electrons. The summed E-state index contributed by atoms with van der Waals surface area (Å²) in [5.41, 5.74) is 5.80. The number of amides is 2. The molecular formula is C18H15ClN8O2. The molecule has 3 rings (SSSR count). The van der Waals surface area contributed by atoms with E-state index in [4.69, 9.17) is 22.6 Å². The van der Waals surface area contributed by atoms with Crippen LogP contribution in [0.3, 0.4) is 0 Å². The molecule has 0 fully saturated rings. The molecule has 2 aromatic heterocycles. The molecule has 10 nitrogen and oxygen atoms in total. The first-order valence-corrected chi connectivity index (χ1v) is 8.73. The highest BCUT2D eigenvalue weighted by Gasteiger charge is 2.21. The van der Waals surface area contributed by atoms with Gasteiger partial charge in [-0.15, -0.1) is 5.10 Å². The van der Waals surface area contributed by atoms with E-state index < -0.39 is 17.9 Å². The molecule has 146 valence electrons. The summed E-state index contributed by atoms with van der Waals surface area (Å²) in [5.74, 6) is -0.0470. The van der Waals surface area contributed by atoms with Gasteiger partial charge < -0.3 is 11.1 Å². The van der Waals surface area contributed by atoms with E-state index in [2.05, 4.69) is 25.4 Å². The van der Waals surface area contributed by atoms with Crippen molar-refractivity contribution in [3.05, 3.63) is 64.1 Å². The van der Waals surface area contributed by atoms with Crippen LogP contribution in [0, 0.1) is 18.3 Å². The lowest BCUT2D eigenvalue weighted by Gasteiger charge is -2.14. The highest BCUT2D eigenvalue weighted by molar-refractivity contribution is 6.31. The number of nitrogens with two attached hydrogens (primary N) is 1. The van der Waals surface area contributed by atoms with E-state index in [0.717, 1.165) is 0 Å². The van der Waals surface area contributed by atoms with Crippen molar-refractivity contribution in [1.82, 2.24) is 30.0 Å². The lowest BCUT2D eigenvalue weighted by atomic mass is 10.1. The maximum absolute atomic E-state index is 12.6. The van der Waals surface area contributed by atoms with Crippen LogP contribution in [0.1, 0.15) is 51.0 Å². The molecule has 2 heterocycles. The average molecular weight is 411 g/mol. The molecule has 0 unspecified atom stereocenters. The number of nitrogens with zero attached hydrogens (tertiary/aromatic N) is 6. The van der Waals surface area contributed by atoms with E-state index in [9.17, 15) is 9.59 Å². The van der Waals surface area contributed by atoms with E-state index in [1.165, 1.54) is 35.3 Å². The van der Waals surface area contributed by atoms with Crippen LogP contribution in [0.15, 0.2) is 30.6 Å². The van der Waals surface area contributed by atoms with E-state index in [0.29, 0.717) is 11.6 Å². The van der Waals surface area contributed by atoms with Crippen LogP contribution in [-0.4, -0.2) is 36.5 Å². The summed E-state index contributed by atoms with van der Waals surface area (Å²) in [4.78, 5) is 36.2. The van der Waals surface area contributed by atoms with Crippen LogP contribution in [0.2, 0.25) is 5.02 Å². The van der Waals surface area contributed by atoms with Gasteiger partial charge in [-0.2, -0.15) is 9.94 Å². The second kappa shape index (κ2) is 8.04. The van der Waals surface area contributed by atoms with Gasteiger partial charge in [0.25, 0.3) is 11.8 Å². The molecule has 11 heteroatoms. The third kappa shape index (κ3) is 4.36. The Morgan fingerprint density at radius 1 is 1.28 bits per heavy atom. The van der Waals surface area contributed by atoms with Gasteiger partial charge in [0.1, 0.15) is 17.8 Å². The Morgan fingerprint density at radius 2 is 2.03 bits per heavy atom. The SMILES string of the molecule is Cc1nc([C@H](C)NC(=O)c2cc(Cl)cc(C#N)c2)n(-c2cc(C(N)=O)ncn2)n1. The van der Waals surface area contributed by atoms with Gasteiger partial charge >= 0.3 is 0 Å². The molecule has 0 spiro atoms. The number of nitrogens with one attached hydrogen (secondary N) is 1. The largest absolute Gasteiger partial charge is 0.364 e. The van der Waals surface area contributed by atoms with Crippen LogP contribution in [-0.2, 0) is 0 Å². The standard InChI is InChI=1S/C18H15ClN8O2/c1-9(24-18(29)12-3-11(7-20)4-13(19)5-12)17-25-10(2)26-27(17)15-6-14(16(21)28)22-8-23-15/h3-6,8-9H,1-2H3,(H2,21,28)(H,24,29)/t9-/m0/s1. The van der Waals surface area contributed by atoms with Crippen molar-refractivity contribution >= 4 is 23.4 Å². The molecule has 3 N–H and O–H groups in total. The number of rotatable bonds is 5. The zero-order valence-electron chi connectivity index (χ0n) is 15.4. The molecule has 0 saturated carbocycles. The maximum atomic E-state index is 12.6. The summed E-state index contributed by atoms with van der Waals surface area (Å²) in [6, 6.07) is 7.12. The van der Waals surface area contributed by atoms with Crippen molar-refractivity contribution < 1.29 is 9.59 Å². The maximum Gasteiger partial charge on any atom is 0.267 e. The molecule has 0 aliphatic carbocycles. The van der Waals surface area contributed by atoms with Gasteiger partial charge in [0, 0.05) is 16.7 Å². The Balaban J connectivity index is 1.91. The molecule has 0 aliphatic heterocycles. The van der Waals surface area contributed by atoms with Crippen LogP contribution in [0.4, 0.5) is 0 Å². The van der Waals surface area contributed by atoms with Crippen molar-refractivity contribution in [2.75, 3.05) is 0 Å². The number of nitriles is 1. The van der Waals surface area contributed by atoms with E-state index in [1.807, 2.05) is 6.07 Å². The van der Waals surface area contributed by atoms with Crippen molar-refractivity contribution in [2.24, 2.45) is 5.73 Å². The Hall–Kier alpha value is -3.84. The summed E-state index contributed by atoms with van der Waals surface area (Å²) in [7, 11) is 0. The molecule has 2 amide bonds. The number of carbonyl (C=O) groups excluding carboxylic acids is 2. The number of hydrogen-bond donors (Lipinski definition) is 2. The molecule has 0 bridgehead atoms. The number of aryl methyl sites for hydroxylation is 1.